The number of phenols is 1. The van der Waals surface area contributed by atoms with Crippen LogP contribution in [0.25, 0.3) is 0 Å². The molecule has 2 N–H and O–H groups in total. The zero-order chi connectivity index (χ0) is 14.8. The molecule has 2 aromatic rings. The zero-order valence-corrected chi connectivity index (χ0v) is 12.2. The Hall–Kier alpha value is -2.00. The van der Waals surface area contributed by atoms with Crippen LogP contribution in [0.3, 0.4) is 0 Å². The molecule has 0 fully saturated rings. The Kier molecular flexibility index (Phi) is 3.84. The lowest BCUT2D eigenvalue weighted by Gasteiger charge is -2.26. The van der Waals surface area contributed by atoms with Crippen molar-refractivity contribution in [1.29, 1.82) is 0 Å². The fourth-order valence-corrected chi connectivity index (χ4v) is 3.00. The van der Waals surface area contributed by atoms with E-state index < -0.39 is 0 Å². The number of hydrogen-bond donors (Lipinski definition) is 2. The third-order valence-electron chi connectivity index (χ3n) is 3.88. The summed E-state index contributed by atoms with van der Waals surface area (Å²) >= 11 is 5.89. The van der Waals surface area contributed by atoms with Crippen molar-refractivity contribution in [3.63, 3.8) is 0 Å². The van der Waals surface area contributed by atoms with Gasteiger partial charge in [0.05, 0.1) is 11.6 Å². The number of rotatable bonds is 2. The Labute approximate surface area is 128 Å². The first-order chi connectivity index (χ1) is 10.1. The molecule has 21 heavy (non-hydrogen) atoms. The molecule has 0 aliphatic heterocycles. The molecule has 4 heteroatoms. The van der Waals surface area contributed by atoms with E-state index in [9.17, 15) is 9.90 Å². The molecule has 108 valence electrons. The summed E-state index contributed by atoms with van der Waals surface area (Å²) in [6, 6.07) is 12.6. The standard InChI is InChI=1S/C17H16ClNO2/c18-12-8-9-16(20)14(10-12)17(21)19-15-7-3-5-11-4-1-2-6-13(11)15/h1-2,4,6,8-10,15,20H,3,5,7H2,(H,19,21). The first-order valence-electron chi connectivity index (χ1n) is 7.02. The molecule has 0 saturated heterocycles. The molecule has 1 aliphatic carbocycles. The molecular weight excluding hydrogens is 286 g/mol. The second-order valence-corrected chi connectivity index (χ2v) is 5.71. The average Bonchev–Trinajstić information content (AvgIpc) is 2.50. The molecule has 0 radical (unpaired) electrons. The number of carbonyl (C=O) groups is 1. The summed E-state index contributed by atoms with van der Waals surface area (Å²) in [4.78, 5) is 12.4. The molecule has 2 aromatic carbocycles. The second kappa shape index (κ2) is 5.78. The predicted molar refractivity (Wildman–Crippen MR) is 82.7 cm³/mol. The number of benzene rings is 2. The van der Waals surface area contributed by atoms with E-state index in [1.807, 2.05) is 12.1 Å². The molecule has 1 aliphatic rings. The highest BCUT2D eigenvalue weighted by molar-refractivity contribution is 6.31. The topological polar surface area (TPSA) is 49.3 Å². The Bertz CT molecular complexity index is 684. The number of aromatic hydroxyl groups is 1. The van der Waals surface area contributed by atoms with Gasteiger partial charge in [0.25, 0.3) is 5.91 Å². The van der Waals surface area contributed by atoms with Crippen LogP contribution in [-0.4, -0.2) is 11.0 Å². The molecular formula is C17H16ClNO2. The molecule has 0 saturated carbocycles. The average molecular weight is 302 g/mol. The molecule has 3 rings (SSSR count). The van der Waals surface area contributed by atoms with Crippen LogP contribution >= 0.6 is 11.6 Å². The summed E-state index contributed by atoms with van der Waals surface area (Å²) in [6.45, 7) is 0. The minimum atomic E-state index is -0.295. The number of carbonyl (C=O) groups excluding carboxylic acids is 1. The molecule has 3 nitrogen and oxygen atoms in total. The van der Waals surface area contributed by atoms with E-state index in [-0.39, 0.29) is 23.3 Å². The number of nitrogens with one attached hydrogen (secondary N) is 1. The van der Waals surface area contributed by atoms with Gasteiger partial charge in [0.1, 0.15) is 5.75 Å². The highest BCUT2D eigenvalue weighted by Crippen LogP contribution is 2.30. The van der Waals surface area contributed by atoms with Gasteiger partial charge in [-0.25, -0.2) is 0 Å². The summed E-state index contributed by atoms with van der Waals surface area (Å²) in [5, 5.41) is 13.2. The van der Waals surface area contributed by atoms with E-state index in [4.69, 9.17) is 11.6 Å². The van der Waals surface area contributed by atoms with Crippen molar-refractivity contribution >= 4 is 17.5 Å². The smallest absolute Gasteiger partial charge is 0.255 e. The van der Waals surface area contributed by atoms with Crippen molar-refractivity contribution in [2.24, 2.45) is 0 Å². The van der Waals surface area contributed by atoms with Crippen molar-refractivity contribution < 1.29 is 9.90 Å². The summed E-state index contributed by atoms with van der Waals surface area (Å²) in [6.07, 6.45) is 3.00. The van der Waals surface area contributed by atoms with Gasteiger partial charge < -0.3 is 10.4 Å². The Balaban J connectivity index is 1.84. The lowest BCUT2D eigenvalue weighted by atomic mass is 9.87. The van der Waals surface area contributed by atoms with Gasteiger partial charge in [0.15, 0.2) is 0 Å². The first-order valence-corrected chi connectivity index (χ1v) is 7.40. The summed E-state index contributed by atoms with van der Waals surface area (Å²) < 4.78 is 0. The third-order valence-corrected chi connectivity index (χ3v) is 4.11. The molecule has 0 heterocycles. The number of aryl methyl sites for hydroxylation is 1. The molecule has 0 spiro atoms. The lowest BCUT2D eigenvalue weighted by molar-refractivity contribution is 0.0930. The van der Waals surface area contributed by atoms with E-state index >= 15 is 0 Å². The van der Waals surface area contributed by atoms with Gasteiger partial charge in [0, 0.05) is 5.02 Å². The van der Waals surface area contributed by atoms with Crippen LogP contribution in [0.15, 0.2) is 42.5 Å². The number of hydrogen-bond acceptors (Lipinski definition) is 2. The quantitative estimate of drug-likeness (QED) is 0.885. The fraction of sp³-hybridized carbons (Fsp3) is 0.235. The fourth-order valence-electron chi connectivity index (χ4n) is 2.83. The number of fused-ring (bicyclic) bond motifs is 1. The maximum Gasteiger partial charge on any atom is 0.255 e. The third kappa shape index (κ3) is 2.88. The van der Waals surface area contributed by atoms with Crippen molar-refractivity contribution in [3.8, 4) is 5.75 Å². The monoisotopic (exact) mass is 301 g/mol. The lowest BCUT2D eigenvalue weighted by Crippen LogP contribution is -2.31. The molecule has 1 unspecified atom stereocenters. The Morgan fingerprint density at radius 2 is 2.05 bits per heavy atom. The van der Waals surface area contributed by atoms with E-state index in [2.05, 4.69) is 17.4 Å². The normalized spacial score (nSPS) is 17.1. The van der Waals surface area contributed by atoms with Crippen molar-refractivity contribution in [1.82, 2.24) is 5.32 Å². The van der Waals surface area contributed by atoms with Crippen LogP contribution in [0.4, 0.5) is 0 Å². The Morgan fingerprint density at radius 1 is 1.24 bits per heavy atom. The molecule has 1 atom stereocenters. The maximum absolute atomic E-state index is 12.4. The highest BCUT2D eigenvalue weighted by Gasteiger charge is 2.23. The van der Waals surface area contributed by atoms with Crippen LogP contribution in [0.1, 0.15) is 40.4 Å². The number of halogens is 1. The Morgan fingerprint density at radius 3 is 2.90 bits per heavy atom. The summed E-state index contributed by atoms with van der Waals surface area (Å²) in [5.41, 5.74) is 2.66. The van der Waals surface area contributed by atoms with Gasteiger partial charge in [-0.2, -0.15) is 0 Å². The van der Waals surface area contributed by atoms with Crippen molar-refractivity contribution in [3.05, 3.63) is 64.2 Å². The van der Waals surface area contributed by atoms with Crippen molar-refractivity contribution in [2.75, 3.05) is 0 Å². The van der Waals surface area contributed by atoms with E-state index in [1.54, 1.807) is 6.07 Å². The maximum atomic E-state index is 12.4. The van der Waals surface area contributed by atoms with Crippen LogP contribution in [-0.2, 0) is 6.42 Å². The van der Waals surface area contributed by atoms with Crippen LogP contribution in [0.5, 0.6) is 5.75 Å². The zero-order valence-electron chi connectivity index (χ0n) is 11.5. The van der Waals surface area contributed by atoms with Gasteiger partial charge in [-0.1, -0.05) is 35.9 Å². The van der Waals surface area contributed by atoms with Gasteiger partial charge in [-0.15, -0.1) is 0 Å². The SMILES string of the molecule is O=C(NC1CCCc2ccccc21)c1cc(Cl)ccc1O. The largest absolute Gasteiger partial charge is 0.507 e. The van der Waals surface area contributed by atoms with Crippen molar-refractivity contribution in [2.45, 2.75) is 25.3 Å². The van der Waals surface area contributed by atoms with E-state index in [0.29, 0.717) is 5.02 Å². The van der Waals surface area contributed by atoms with Crippen LogP contribution < -0.4 is 5.32 Å². The van der Waals surface area contributed by atoms with Gasteiger partial charge in [-0.3, -0.25) is 4.79 Å². The van der Waals surface area contributed by atoms with Crippen LogP contribution in [0, 0.1) is 0 Å². The van der Waals surface area contributed by atoms with E-state index in [0.717, 1.165) is 19.3 Å². The van der Waals surface area contributed by atoms with Crippen LogP contribution in [0.2, 0.25) is 5.02 Å². The van der Waals surface area contributed by atoms with Gasteiger partial charge in [-0.05, 0) is 48.6 Å². The molecule has 0 aromatic heterocycles. The number of amides is 1. The summed E-state index contributed by atoms with van der Waals surface area (Å²) in [7, 11) is 0. The van der Waals surface area contributed by atoms with E-state index in [1.165, 1.54) is 23.3 Å². The number of phenolic OH excluding ortho intramolecular Hbond substituents is 1. The predicted octanol–water partition coefficient (Wildman–Crippen LogP) is 3.85. The summed E-state index contributed by atoms with van der Waals surface area (Å²) in [5.74, 6) is -0.349. The highest BCUT2D eigenvalue weighted by atomic mass is 35.5. The minimum Gasteiger partial charge on any atom is -0.507 e. The van der Waals surface area contributed by atoms with Gasteiger partial charge >= 0.3 is 0 Å². The first kappa shape index (κ1) is 14.0. The molecule has 0 bridgehead atoms. The minimum absolute atomic E-state index is 0.0131. The molecule has 1 amide bonds. The second-order valence-electron chi connectivity index (χ2n) is 5.28. The van der Waals surface area contributed by atoms with Gasteiger partial charge in [0.2, 0.25) is 0 Å².